The van der Waals surface area contributed by atoms with E-state index in [0.717, 1.165) is 22.4 Å². The molecule has 4 atom stereocenters. The van der Waals surface area contributed by atoms with Gasteiger partial charge >= 0.3 is 5.97 Å². The molecule has 1 amide bonds. The molecule has 1 saturated heterocycles. The molecule has 0 unspecified atom stereocenters. The molecule has 9 nitrogen and oxygen atoms in total. The van der Waals surface area contributed by atoms with E-state index in [1.807, 2.05) is 54.6 Å². The van der Waals surface area contributed by atoms with Crippen molar-refractivity contribution >= 4 is 56.3 Å². The summed E-state index contributed by atoms with van der Waals surface area (Å²) in [5.74, 6) is -1.68. The largest absolute Gasteiger partial charge is 0.495 e. The van der Waals surface area contributed by atoms with Crippen LogP contribution in [-0.4, -0.2) is 57.4 Å². The average Bonchev–Trinajstić information content (AvgIpc) is 3.54. The average molecular weight is 751 g/mol. The fourth-order valence-corrected chi connectivity index (χ4v) is 8.84. The lowest BCUT2D eigenvalue weighted by molar-refractivity contribution is -0.118. The van der Waals surface area contributed by atoms with Gasteiger partial charge in [0.2, 0.25) is 5.91 Å². The summed E-state index contributed by atoms with van der Waals surface area (Å²) in [4.78, 5) is 28.8. The second-order valence-electron chi connectivity index (χ2n) is 14.6. The van der Waals surface area contributed by atoms with Crippen LogP contribution >= 0.6 is 23.2 Å². The standard InChI is InChI=1S/C39H41Cl2N3O6S/c1-38(2,3)20-33-39(22-44(31-17-13-25(40)19-28(31)39)21-23-10-14-26(15-11-23)51(5,48)49)34(27-8-6-7-9-29(27)41)35(43-33)36(45)42-30-16-12-24(37(46)47)18-32(30)50-4/h6-19,33-35,43H,20-22H2,1-5H3,(H,42,45)(H,46,47)/t33-,34-,35+,39-/m0/s1. The van der Waals surface area contributed by atoms with E-state index in [9.17, 15) is 23.1 Å². The summed E-state index contributed by atoms with van der Waals surface area (Å²) in [6.45, 7) is 7.51. The van der Waals surface area contributed by atoms with Crippen molar-refractivity contribution in [3.05, 3.63) is 117 Å². The number of ether oxygens (including phenoxy) is 1. The van der Waals surface area contributed by atoms with Gasteiger partial charge in [0.05, 0.1) is 29.3 Å². The summed E-state index contributed by atoms with van der Waals surface area (Å²) in [6, 6.07) is 23.7. The molecule has 268 valence electrons. The summed E-state index contributed by atoms with van der Waals surface area (Å²) in [5.41, 5.74) is 3.22. The van der Waals surface area contributed by atoms with Gasteiger partial charge in [-0.15, -0.1) is 0 Å². The first kappa shape index (κ1) is 36.7. The molecule has 3 N–H and O–H groups in total. The van der Waals surface area contributed by atoms with E-state index in [0.29, 0.717) is 35.2 Å². The molecule has 4 aromatic rings. The number of amides is 1. The number of carbonyl (C=O) groups is 2. The van der Waals surface area contributed by atoms with Gasteiger partial charge in [-0.1, -0.05) is 74.3 Å². The fourth-order valence-electron chi connectivity index (χ4n) is 7.79. The summed E-state index contributed by atoms with van der Waals surface area (Å²) >= 11 is 13.8. The van der Waals surface area contributed by atoms with Crippen LogP contribution in [0.25, 0.3) is 0 Å². The van der Waals surface area contributed by atoms with Crippen LogP contribution in [0, 0.1) is 5.41 Å². The van der Waals surface area contributed by atoms with Crippen LogP contribution in [0.2, 0.25) is 10.0 Å². The number of sulfone groups is 1. The van der Waals surface area contributed by atoms with Crippen LogP contribution in [0.1, 0.15) is 60.2 Å². The predicted molar refractivity (Wildman–Crippen MR) is 201 cm³/mol. The number of carboxylic acids is 1. The molecule has 2 aliphatic heterocycles. The zero-order chi connectivity index (χ0) is 36.9. The topological polar surface area (TPSA) is 125 Å². The highest BCUT2D eigenvalue weighted by atomic mass is 35.5. The maximum absolute atomic E-state index is 14.6. The van der Waals surface area contributed by atoms with E-state index in [1.54, 1.807) is 12.1 Å². The van der Waals surface area contributed by atoms with Gasteiger partial charge in [0.1, 0.15) is 5.75 Å². The smallest absolute Gasteiger partial charge is 0.335 e. The molecule has 4 aromatic carbocycles. The molecular weight excluding hydrogens is 709 g/mol. The Balaban J connectivity index is 1.50. The highest BCUT2D eigenvalue weighted by Gasteiger charge is 2.62. The number of methoxy groups -OCH3 is 1. The zero-order valence-corrected chi connectivity index (χ0v) is 31.4. The maximum Gasteiger partial charge on any atom is 0.335 e. The van der Waals surface area contributed by atoms with Crippen molar-refractivity contribution in [2.45, 2.75) is 62.0 Å². The Morgan fingerprint density at radius 3 is 2.35 bits per heavy atom. The Labute approximate surface area is 308 Å². The molecule has 0 aromatic heterocycles. The van der Waals surface area contributed by atoms with Gasteiger partial charge in [-0.25, -0.2) is 13.2 Å². The number of carbonyl (C=O) groups excluding carboxylic acids is 1. The third-order valence-corrected chi connectivity index (χ3v) is 11.6. The monoisotopic (exact) mass is 749 g/mol. The number of carboxylic acid groups (broad SMARTS) is 1. The van der Waals surface area contributed by atoms with Crippen LogP contribution in [0.4, 0.5) is 11.4 Å². The molecule has 2 heterocycles. The highest BCUT2D eigenvalue weighted by molar-refractivity contribution is 7.90. The molecule has 0 bridgehead atoms. The molecule has 0 aliphatic carbocycles. The second-order valence-corrected chi connectivity index (χ2v) is 17.5. The number of halogens is 2. The first-order valence-electron chi connectivity index (χ1n) is 16.6. The van der Waals surface area contributed by atoms with Gasteiger partial charge in [-0.2, -0.15) is 0 Å². The maximum atomic E-state index is 14.6. The molecule has 1 fully saturated rings. The van der Waals surface area contributed by atoms with E-state index < -0.39 is 33.2 Å². The molecule has 51 heavy (non-hydrogen) atoms. The SMILES string of the molecule is COc1cc(C(=O)O)ccc1NC(=O)[C@@H]1N[C@@H](CC(C)(C)C)[C@@]2(CN(Cc3ccc(S(C)(=O)=O)cc3)c3ccc(Cl)cc32)[C@H]1c1ccccc1Cl. The molecular formula is C39H41Cl2N3O6S. The first-order valence-corrected chi connectivity index (χ1v) is 19.2. The van der Waals surface area contributed by atoms with Crippen molar-refractivity contribution in [2.24, 2.45) is 5.41 Å². The molecule has 0 saturated carbocycles. The minimum Gasteiger partial charge on any atom is -0.495 e. The van der Waals surface area contributed by atoms with Crippen molar-refractivity contribution in [1.82, 2.24) is 5.32 Å². The first-order chi connectivity index (χ1) is 24.0. The van der Waals surface area contributed by atoms with Gasteiger partial charge in [-0.05, 0) is 83.1 Å². The number of anilines is 2. The van der Waals surface area contributed by atoms with Gasteiger partial charge < -0.3 is 25.4 Å². The summed E-state index contributed by atoms with van der Waals surface area (Å²) in [5, 5.41) is 17.4. The summed E-state index contributed by atoms with van der Waals surface area (Å²) in [6.07, 6.45) is 1.90. The van der Waals surface area contributed by atoms with Crippen LogP contribution in [0.15, 0.2) is 89.8 Å². The summed E-state index contributed by atoms with van der Waals surface area (Å²) < 4.78 is 29.8. The van der Waals surface area contributed by atoms with Gasteiger partial charge in [0.15, 0.2) is 9.84 Å². The lowest BCUT2D eigenvalue weighted by Crippen LogP contribution is -2.48. The van der Waals surface area contributed by atoms with E-state index in [-0.39, 0.29) is 33.6 Å². The Morgan fingerprint density at radius 2 is 1.73 bits per heavy atom. The van der Waals surface area contributed by atoms with Crippen LogP contribution in [0.3, 0.4) is 0 Å². The third-order valence-electron chi connectivity index (χ3n) is 9.91. The number of fused-ring (bicyclic) bond motifs is 2. The number of rotatable bonds is 9. The highest BCUT2D eigenvalue weighted by Crippen LogP contribution is 2.59. The van der Waals surface area contributed by atoms with Crippen molar-refractivity contribution in [1.29, 1.82) is 0 Å². The van der Waals surface area contributed by atoms with Gasteiger partial charge in [0, 0.05) is 52.5 Å². The fraction of sp³-hybridized carbons (Fsp3) is 0.333. The molecule has 6 rings (SSSR count). The number of aromatic carboxylic acids is 1. The van der Waals surface area contributed by atoms with Crippen LogP contribution < -0.4 is 20.3 Å². The summed E-state index contributed by atoms with van der Waals surface area (Å²) in [7, 11) is -1.93. The third kappa shape index (κ3) is 7.20. The van der Waals surface area contributed by atoms with Gasteiger partial charge in [-0.3, -0.25) is 4.79 Å². The molecule has 12 heteroatoms. The molecule has 2 aliphatic rings. The van der Waals surface area contributed by atoms with E-state index >= 15 is 0 Å². The van der Waals surface area contributed by atoms with E-state index in [1.165, 1.54) is 31.6 Å². The lowest BCUT2D eigenvalue weighted by atomic mass is 9.63. The Kier molecular flexibility index (Phi) is 9.93. The van der Waals surface area contributed by atoms with Crippen molar-refractivity contribution in [2.75, 3.05) is 30.1 Å². The van der Waals surface area contributed by atoms with Crippen molar-refractivity contribution in [3.63, 3.8) is 0 Å². The predicted octanol–water partition coefficient (Wildman–Crippen LogP) is 7.56. The Morgan fingerprint density at radius 1 is 1.02 bits per heavy atom. The van der Waals surface area contributed by atoms with E-state index in [4.69, 9.17) is 27.9 Å². The van der Waals surface area contributed by atoms with Crippen molar-refractivity contribution in [3.8, 4) is 5.75 Å². The number of nitrogens with zero attached hydrogens (tertiary/aromatic N) is 1. The normalized spacial score (nSPS) is 21.5. The number of nitrogens with one attached hydrogen (secondary N) is 2. The Hall–Kier alpha value is -4.09. The minimum absolute atomic E-state index is 0.0347. The van der Waals surface area contributed by atoms with E-state index in [2.05, 4.69) is 36.3 Å². The lowest BCUT2D eigenvalue weighted by Gasteiger charge is -2.40. The molecule has 0 radical (unpaired) electrons. The number of hydrogen-bond acceptors (Lipinski definition) is 7. The zero-order valence-electron chi connectivity index (χ0n) is 29.0. The number of benzene rings is 4. The Bertz CT molecular complexity index is 2100. The second kappa shape index (κ2) is 13.8. The number of hydrogen-bond donors (Lipinski definition) is 3. The van der Waals surface area contributed by atoms with Crippen LogP contribution in [0.5, 0.6) is 5.75 Å². The van der Waals surface area contributed by atoms with Gasteiger partial charge in [0.25, 0.3) is 0 Å². The quantitative estimate of drug-likeness (QED) is 0.160. The minimum atomic E-state index is -3.35. The molecule has 1 spiro atoms. The van der Waals surface area contributed by atoms with Crippen molar-refractivity contribution < 1.29 is 27.9 Å². The van der Waals surface area contributed by atoms with Crippen LogP contribution in [-0.2, 0) is 26.6 Å².